The van der Waals surface area contributed by atoms with Crippen molar-refractivity contribution in [3.05, 3.63) is 75.1 Å². The Balaban J connectivity index is 1.68. The number of carbonyl (C=O) groups excluding carboxylic acids is 2. The lowest BCUT2D eigenvalue weighted by molar-refractivity contribution is -0.384. The van der Waals surface area contributed by atoms with E-state index in [1.54, 1.807) is 11.6 Å². The van der Waals surface area contributed by atoms with Gasteiger partial charge >= 0.3 is 0 Å². The molecule has 10 nitrogen and oxygen atoms in total. The maximum Gasteiger partial charge on any atom is 0.270 e. The van der Waals surface area contributed by atoms with E-state index in [9.17, 15) is 19.7 Å². The fourth-order valence-electron chi connectivity index (χ4n) is 3.38. The van der Waals surface area contributed by atoms with Crippen LogP contribution in [0.3, 0.4) is 0 Å². The molecule has 3 aromatic rings. The number of hydrogen-bond acceptors (Lipinski definition) is 7. The minimum absolute atomic E-state index is 0.0357. The minimum Gasteiger partial charge on any atom is -0.342 e. The molecular formula is C24H28N6O4S. The van der Waals surface area contributed by atoms with Crippen LogP contribution in [0.4, 0.5) is 11.4 Å². The molecule has 3 rings (SSSR count). The maximum atomic E-state index is 12.8. The second-order valence-corrected chi connectivity index (χ2v) is 9.48. The van der Waals surface area contributed by atoms with Crippen LogP contribution in [-0.4, -0.2) is 37.3 Å². The molecule has 0 aliphatic carbocycles. The van der Waals surface area contributed by atoms with E-state index in [2.05, 4.69) is 20.8 Å². The van der Waals surface area contributed by atoms with E-state index in [0.29, 0.717) is 11.0 Å². The van der Waals surface area contributed by atoms with Crippen molar-refractivity contribution in [1.29, 1.82) is 0 Å². The van der Waals surface area contributed by atoms with Gasteiger partial charge in [0, 0.05) is 30.4 Å². The van der Waals surface area contributed by atoms with E-state index in [1.165, 1.54) is 36.0 Å². The van der Waals surface area contributed by atoms with Crippen LogP contribution in [0, 0.1) is 29.9 Å². The molecule has 0 aliphatic heterocycles. The van der Waals surface area contributed by atoms with Gasteiger partial charge in [-0.05, 0) is 49.1 Å². The quantitative estimate of drug-likeness (QED) is 0.258. The number of non-ortho nitro benzene ring substituents is 1. The van der Waals surface area contributed by atoms with Crippen molar-refractivity contribution in [3.63, 3.8) is 0 Å². The highest BCUT2D eigenvalue weighted by atomic mass is 32.2. The number of aryl methyl sites for hydroxylation is 2. The molecule has 1 heterocycles. The molecule has 35 heavy (non-hydrogen) atoms. The summed E-state index contributed by atoms with van der Waals surface area (Å²) < 4.78 is 1.74. The van der Waals surface area contributed by atoms with E-state index in [-0.39, 0.29) is 28.8 Å². The lowest BCUT2D eigenvalue weighted by atomic mass is 10.0. The van der Waals surface area contributed by atoms with E-state index < -0.39 is 16.9 Å². The van der Waals surface area contributed by atoms with Crippen LogP contribution in [0.2, 0.25) is 0 Å². The topological polar surface area (TPSA) is 132 Å². The SMILES string of the molecule is Cc1ccc(NC(=O)CSc2nnc([C@H](NC(=O)c3cccc([N+](=O)[O-])c3)C(C)C)n2C)cc1C. The predicted octanol–water partition coefficient (Wildman–Crippen LogP) is 4.20. The van der Waals surface area contributed by atoms with Gasteiger partial charge in [0.25, 0.3) is 11.6 Å². The molecule has 0 saturated heterocycles. The van der Waals surface area contributed by atoms with Crippen LogP contribution in [0.1, 0.15) is 47.2 Å². The third kappa shape index (κ3) is 6.44. The van der Waals surface area contributed by atoms with E-state index in [1.807, 2.05) is 45.9 Å². The molecule has 0 fully saturated rings. The first-order valence-electron chi connectivity index (χ1n) is 11.0. The van der Waals surface area contributed by atoms with Crippen molar-refractivity contribution in [1.82, 2.24) is 20.1 Å². The van der Waals surface area contributed by atoms with Crippen LogP contribution in [0.5, 0.6) is 0 Å². The van der Waals surface area contributed by atoms with E-state index in [4.69, 9.17) is 0 Å². The van der Waals surface area contributed by atoms with Gasteiger partial charge in [0.2, 0.25) is 5.91 Å². The number of carbonyl (C=O) groups is 2. The smallest absolute Gasteiger partial charge is 0.270 e. The Bertz CT molecular complexity index is 1260. The van der Waals surface area contributed by atoms with Gasteiger partial charge in [0.05, 0.1) is 16.7 Å². The Morgan fingerprint density at radius 1 is 1.11 bits per heavy atom. The maximum absolute atomic E-state index is 12.8. The number of hydrogen-bond donors (Lipinski definition) is 2. The van der Waals surface area contributed by atoms with Crippen molar-refractivity contribution in [2.75, 3.05) is 11.1 Å². The second-order valence-electron chi connectivity index (χ2n) is 8.54. The summed E-state index contributed by atoms with van der Waals surface area (Å²) in [5.41, 5.74) is 3.02. The van der Waals surface area contributed by atoms with Crippen molar-refractivity contribution in [2.24, 2.45) is 13.0 Å². The highest BCUT2D eigenvalue weighted by Crippen LogP contribution is 2.25. The molecule has 0 aliphatic rings. The van der Waals surface area contributed by atoms with Gasteiger partial charge in [0.15, 0.2) is 11.0 Å². The van der Waals surface area contributed by atoms with Gasteiger partial charge in [-0.2, -0.15) is 0 Å². The highest BCUT2D eigenvalue weighted by Gasteiger charge is 2.26. The third-order valence-electron chi connectivity index (χ3n) is 5.54. The summed E-state index contributed by atoms with van der Waals surface area (Å²) >= 11 is 1.24. The number of thioether (sulfide) groups is 1. The van der Waals surface area contributed by atoms with Crippen LogP contribution >= 0.6 is 11.8 Å². The monoisotopic (exact) mass is 496 g/mol. The summed E-state index contributed by atoms with van der Waals surface area (Å²) in [4.78, 5) is 35.7. The summed E-state index contributed by atoms with van der Waals surface area (Å²) in [5.74, 6) is 0.0209. The normalized spacial score (nSPS) is 11.8. The third-order valence-corrected chi connectivity index (χ3v) is 6.56. The predicted molar refractivity (Wildman–Crippen MR) is 134 cm³/mol. The van der Waals surface area contributed by atoms with Crippen LogP contribution < -0.4 is 10.6 Å². The average molecular weight is 497 g/mol. The number of nitrogens with one attached hydrogen (secondary N) is 2. The number of nitro groups is 1. The lowest BCUT2D eigenvalue weighted by Crippen LogP contribution is -2.33. The van der Waals surface area contributed by atoms with Crippen LogP contribution in [0.25, 0.3) is 0 Å². The number of anilines is 1. The largest absolute Gasteiger partial charge is 0.342 e. The molecule has 1 atom stereocenters. The van der Waals surface area contributed by atoms with Gasteiger partial charge in [-0.3, -0.25) is 19.7 Å². The van der Waals surface area contributed by atoms with E-state index >= 15 is 0 Å². The first-order chi connectivity index (χ1) is 16.6. The lowest BCUT2D eigenvalue weighted by Gasteiger charge is -2.21. The highest BCUT2D eigenvalue weighted by molar-refractivity contribution is 7.99. The summed E-state index contributed by atoms with van der Waals surface area (Å²) in [6, 6.07) is 10.8. The molecule has 11 heteroatoms. The van der Waals surface area contributed by atoms with Gasteiger partial charge in [-0.15, -0.1) is 10.2 Å². The van der Waals surface area contributed by atoms with Gasteiger partial charge in [-0.1, -0.05) is 37.7 Å². The van der Waals surface area contributed by atoms with Crippen LogP contribution in [-0.2, 0) is 11.8 Å². The fraction of sp³-hybridized carbons (Fsp3) is 0.333. The van der Waals surface area contributed by atoms with Crippen molar-refractivity contribution in [3.8, 4) is 0 Å². The number of aromatic nitrogens is 3. The Kier molecular flexibility index (Phi) is 8.23. The van der Waals surface area contributed by atoms with Gasteiger partial charge in [0.1, 0.15) is 0 Å². The molecule has 2 aromatic carbocycles. The molecule has 0 saturated carbocycles. The zero-order chi connectivity index (χ0) is 25.7. The zero-order valence-corrected chi connectivity index (χ0v) is 21.0. The second kappa shape index (κ2) is 11.1. The van der Waals surface area contributed by atoms with Crippen molar-refractivity contribution < 1.29 is 14.5 Å². The molecular weight excluding hydrogens is 468 g/mol. The summed E-state index contributed by atoms with van der Waals surface area (Å²) in [7, 11) is 1.77. The average Bonchev–Trinajstić information content (AvgIpc) is 3.18. The number of amides is 2. The molecule has 2 N–H and O–H groups in total. The molecule has 2 amide bonds. The molecule has 1 aromatic heterocycles. The first kappa shape index (κ1) is 25.9. The Hall–Kier alpha value is -3.73. The zero-order valence-electron chi connectivity index (χ0n) is 20.2. The summed E-state index contributed by atoms with van der Waals surface area (Å²) in [6.45, 7) is 7.86. The molecule has 0 spiro atoms. The molecule has 184 valence electrons. The Labute approximate surface area is 207 Å². The van der Waals surface area contributed by atoms with Gasteiger partial charge < -0.3 is 15.2 Å². The van der Waals surface area contributed by atoms with Gasteiger partial charge in [-0.25, -0.2) is 0 Å². The van der Waals surface area contributed by atoms with Crippen molar-refractivity contribution in [2.45, 2.75) is 38.9 Å². The standard InChI is InChI=1S/C24H28N6O4S/c1-14(2)21(26-23(32)17-7-6-8-19(12-17)30(33)34)22-27-28-24(29(22)5)35-13-20(31)25-18-10-9-15(3)16(4)11-18/h6-12,14,21H,13H2,1-5H3,(H,25,31)(H,26,32)/t21-/m1/s1. The summed E-state index contributed by atoms with van der Waals surface area (Å²) in [5, 5.41) is 25.8. The number of nitrogens with zero attached hydrogens (tertiary/aromatic N) is 4. The Morgan fingerprint density at radius 3 is 2.51 bits per heavy atom. The fourth-order valence-corrected chi connectivity index (χ4v) is 4.10. The van der Waals surface area contributed by atoms with Crippen LogP contribution in [0.15, 0.2) is 47.6 Å². The number of rotatable bonds is 9. The first-order valence-corrected chi connectivity index (χ1v) is 12.0. The molecule has 0 unspecified atom stereocenters. The number of nitro benzene ring substituents is 1. The summed E-state index contributed by atoms with van der Waals surface area (Å²) in [6.07, 6.45) is 0. The molecule has 0 bridgehead atoms. The van der Waals surface area contributed by atoms with Crippen molar-refractivity contribution >= 4 is 35.0 Å². The molecule has 0 radical (unpaired) electrons. The Morgan fingerprint density at radius 2 is 1.86 bits per heavy atom. The minimum atomic E-state index is -0.543. The van der Waals surface area contributed by atoms with E-state index in [0.717, 1.165) is 16.8 Å². The number of benzene rings is 2.